The molecule has 0 fully saturated rings. The van der Waals surface area contributed by atoms with Crippen LogP contribution >= 0.6 is 0 Å². The summed E-state index contributed by atoms with van der Waals surface area (Å²) in [5.74, 6) is 0.801. The highest BCUT2D eigenvalue weighted by molar-refractivity contribution is 5.71. The van der Waals surface area contributed by atoms with E-state index in [0.717, 1.165) is 76.0 Å². The second-order valence-electron chi connectivity index (χ2n) is 17.1. The average molecular weight is 765 g/mol. The molecular formula is C48H92O6. The lowest BCUT2D eigenvalue weighted by Crippen LogP contribution is -2.30. The Balaban J connectivity index is 4.08. The molecule has 0 aliphatic heterocycles. The van der Waals surface area contributed by atoms with Gasteiger partial charge >= 0.3 is 17.9 Å². The Morgan fingerprint density at radius 3 is 1.06 bits per heavy atom. The van der Waals surface area contributed by atoms with Crippen molar-refractivity contribution in [1.82, 2.24) is 0 Å². The first kappa shape index (κ1) is 52.4. The minimum Gasteiger partial charge on any atom is -0.462 e. The lowest BCUT2D eigenvalue weighted by Gasteiger charge is -2.18. The van der Waals surface area contributed by atoms with Crippen molar-refractivity contribution in [2.24, 2.45) is 11.8 Å². The number of hydrogen-bond donors (Lipinski definition) is 0. The summed E-state index contributed by atoms with van der Waals surface area (Å²) < 4.78 is 16.6. The molecule has 0 saturated carbocycles. The molecule has 0 aromatic heterocycles. The van der Waals surface area contributed by atoms with Gasteiger partial charge in [-0.15, -0.1) is 0 Å². The van der Waals surface area contributed by atoms with Crippen LogP contribution in [0.1, 0.15) is 259 Å². The molecule has 0 spiro atoms. The molecule has 0 bridgehead atoms. The third-order valence-corrected chi connectivity index (χ3v) is 11.1. The van der Waals surface area contributed by atoms with Crippen molar-refractivity contribution in [3.05, 3.63) is 0 Å². The highest BCUT2D eigenvalue weighted by atomic mass is 16.6. The van der Waals surface area contributed by atoms with Crippen molar-refractivity contribution in [1.29, 1.82) is 0 Å². The molecule has 54 heavy (non-hydrogen) atoms. The minimum absolute atomic E-state index is 0.0667. The summed E-state index contributed by atoms with van der Waals surface area (Å²) in [5, 5.41) is 0. The van der Waals surface area contributed by atoms with Crippen LogP contribution in [0, 0.1) is 11.8 Å². The zero-order valence-corrected chi connectivity index (χ0v) is 36.8. The first-order valence-electron chi connectivity index (χ1n) is 23.8. The first-order valence-corrected chi connectivity index (χ1v) is 23.8. The molecule has 0 aromatic carbocycles. The Labute approximate surface area is 336 Å². The van der Waals surface area contributed by atoms with Gasteiger partial charge in [-0.1, -0.05) is 221 Å². The summed E-state index contributed by atoms with van der Waals surface area (Å²) >= 11 is 0. The lowest BCUT2D eigenvalue weighted by atomic mass is 10.00. The number of carbonyl (C=O) groups is 3. The van der Waals surface area contributed by atoms with Gasteiger partial charge in [0.2, 0.25) is 0 Å². The highest BCUT2D eigenvalue weighted by Gasteiger charge is 2.19. The molecule has 1 unspecified atom stereocenters. The maximum absolute atomic E-state index is 12.7. The lowest BCUT2D eigenvalue weighted by molar-refractivity contribution is -0.167. The van der Waals surface area contributed by atoms with E-state index in [9.17, 15) is 14.4 Å². The van der Waals surface area contributed by atoms with E-state index in [1.54, 1.807) is 0 Å². The van der Waals surface area contributed by atoms with Gasteiger partial charge in [-0.05, 0) is 31.1 Å². The van der Waals surface area contributed by atoms with Crippen LogP contribution in [0.2, 0.25) is 0 Å². The largest absolute Gasteiger partial charge is 0.462 e. The second-order valence-corrected chi connectivity index (χ2v) is 17.1. The zero-order chi connectivity index (χ0) is 39.7. The van der Waals surface area contributed by atoms with Crippen molar-refractivity contribution < 1.29 is 28.6 Å². The molecule has 6 nitrogen and oxygen atoms in total. The molecule has 2 atom stereocenters. The fraction of sp³-hybridized carbons (Fsp3) is 0.938. The number of esters is 3. The molecule has 320 valence electrons. The number of carbonyl (C=O) groups excluding carboxylic acids is 3. The summed E-state index contributed by atoms with van der Waals surface area (Å²) in [7, 11) is 0. The third kappa shape index (κ3) is 40.1. The fourth-order valence-corrected chi connectivity index (χ4v) is 7.07. The van der Waals surface area contributed by atoms with Gasteiger partial charge < -0.3 is 14.2 Å². The normalized spacial score (nSPS) is 12.6. The quantitative estimate of drug-likeness (QED) is 0.0350. The Kier molecular flexibility index (Phi) is 39.8. The van der Waals surface area contributed by atoms with E-state index in [4.69, 9.17) is 14.2 Å². The first-order chi connectivity index (χ1) is 26.3. The Morgan fingerprint density at radius 1 is 0.389 bits per heavy atom. The van der Waals surface area contributed by atoms with E-state index in [1.165, 1.54) is 141 Å². The van der Waals surface area contributed by atoms with Gasteiger partial charge in [0.05, 0.1) is 0 Å². The molecule has 0 heterocycles. The average Bonchev–Trinajstić information content (AvgIpc) is 3.15. The number of hydrogen-bond acceptors (Lipinski definition) is 6. The van der Waals surface area contributed by atoms with Crippen molar-refractivity contribution in [2.75, 3.05) is 13.2 Å². The molecule has 0 aliphatic rings. The molecule has 0 amide bonds. The van der Waals surface area contributed by atoms with Gasteiger partial charge in [-0.25, -0.2) is 0 Å². The Bertz CT molecular complexity index is 826. The van der Waals surface area contributed by atoms with E-state index in [-0.39, 0.29) is 31.1 Å². The van der Waals surface area contributed by atoms with Crippen LogP contribution in [0.3, 0.4) is 0 Å². The Morgan fingerprint density at radius 2 is 0.704 bits per heavy atom. The number of rotatable bonds is 42. The highest BCUT2D eigenvalue weighted by Crippen LogP contribution is 2.17. The topological polar surface area (TPSA) is 78.9 Å². The standard InChI is InChI=1S/C48H92O6/c1-6-8-9-26-33-38-46(49)52-41-45(42-53-47(50)39-34-29-25-24-28-32-37-44(5)7-2)54-48(51)40-35-30-23-21-19-17-15-13-11-10-12-14-16-18-20-22-27-31-36-43(3)4/h43-45H,6-42H2,1-5H3/t44?,45-/m1/s1. The van der Waals surface area contributed by atoms with Crippen LogP contribution < -0.4 is 0 Å². The van der Waals surface area contributed by atoms with Crippen LogP contribution in [-0.4, -0.2) is 37.2 Å². The summed E-state index contributed by atoms with van der Waals surface area (Å²) in [6.07, 6.45) is 39.9. The summed E-state index contributed by atoms with van der Waals surface area (Å²) in [6, 6.07) is 0. The molecule has 0 rings (SSSR count). The van der Waals surface area contributed by atoms with Crippen LogP contribution in [-0.2, 0) is 28.6 Å². The minimum atomic E-state index is -0.759. The van der Waals surface area contributed by atoms with E-state index < -0.39 is 6.10 Å². The van der Waals surface area contributed by atoms with Crippen molar-refractivity contribution >= 4 is 17.9 Å². The fourth-order valence-electron chi connectivity index (χ4n) is 7.07. The van der Waals surface area contributed by atoms with Crippen molar-refractivity contribution in [3.8, 4) is 0 Å². The zero-order valence-electron chi connectivity index (χ0n) is 36.8. The molecule has 6 heteroatoms. The van der Waals surface area contributed by atoms with Crippen molar-refractivity contribution in [3.63, 3.8) is 0 Å². The number of unbranched alkanes of at least 4 members (excludes halogenated alkanes) is 26. The molecular weight excluding hydrogens is 673 g/mol. The molecule has 0 aliphatic carbocycles. The maximum atomic E-state index is 12.7. The Hall–Kier alpha value is -1.59. The maximum Gasteiger partial charge on any atom is 0.306 e. The smallest absolute Gasteiger partial charge is 0.306 e. The molecule has 0 saturated heterocycles. The van der Waals surface area contributed by atoms with E-state index in [2.05, 4.69) is 34.6 Å². The van der Waals surface area contributed by atoms with Crippen LogP contribution in [0.15, 0.2) is 0 Å². The van der Waals surface area contributed by atoms with Gasteiger partial charge in [0, 0.05) is 19.3 Å². The van der Waals surface area contributed by atoms with Crippen LogP contribution in [0.5, 0.6) is 0 Å². The van der Waals surface area contributed by atoms with Gasteiger partial charge in [-0.3, -0.25) is 14.4 Å². The predicted molar refractivity (Wildman–Crippen MR) is 229 cm³/mol. The summed E-state index contributed by atoms with van der Waals surface area (Å²) in [5.41, 5.74) is 0. The third-order valence-electron chi connectivity index (χ3n) is 11.1. The van der Waals surface area contributed by atoms with E-state index in [0.29, 0.717) is 19.3 Å². The predicted octanol–water partition coefficient (Wildman–Crippen LogP) is 15.0. The van der Waals surface area contributed by atoms with Gasteiger partial charge in [0.1, 0.15) is 13.2 Å². The van der Waals surface area contributed by atoms with E-state index >= 15 is 0 Å². The molecule has 0 N–H and O–H groups in total. The van der Waals surface area contributed by atoms with E-state index in [1.807, 2.05) is 0 Å². The molecule has 0 radical (unpaired) electrons. The van der Waals surface area contributed by atoms with Crippen molar-refractivity contribution in [2.45, 2.75) is 265 Å². The van der Waals surface area contributed by atoms with Crippen LogP contribution in [0.4, 0.5) is 0 Å². The van der Waals surface area contributed by atoms with Crippen LogP contribution in [0.25, 0.3) is 0 Å². The van der Waals surface area contributed by atoms with Gasteiger partial charge in [0.25, 0.3) is 0 Å². The monoisotopic (exact) mass is 765 g/mol. The summed E-state index contributed by atoms with van der Waals surface area (Å²) in [6.45, 7) is 11.3. The molecule has 0 aromatic rings. The second kappa shape index (κ2) is 41.1. The summed E-state index contributed by atoms with van der Waals surface area (Å²) in [4.78, 5) is 37.5. The van der Waals surface area contributed by atoms with Gasteiger partial charge in [-0.2, -0.15) is 0 Å². The van der Waals surface area contributed by atoms with Gasteiger partial charge in [0.15, 0.2) is 6.10 Å². The SMILES string of the molecule is CCCCCCCC(=O)OC[C@H](COC(=O)CCCCCCCCC(C)CC)OC(=O)CCCCCCCCCCCCCCCCCCCCC(C)C. The number of ether oxygens (including phenoxy) is 3.